The molecule has 1 unspecified atom stereocenters. The second-order valence-corrected chi connectivity index (χ2v) is 6.18. The molecular weight excluding hydrogens is 246 g/mol. The van der Waals surface area contributed by atoms with Crippen molar-refractivity contribution in [3.05, 3.63) is 36.3 Å². The topological polar surface area (TPSA) is 29.9 Å². The van der Waals surface area contributed by atoms with Crippen LogP contribution in [0, 0.1) is 5.92 Å². The van der Waals surface area contributed by atoms with Crippen molar-refractivity contribution in [2.24, 2.45) is 5.92 Å². The largest absolute Gasteiger partial charge is 0.384 e. The molecule has 1 aliphatic rings. The van der Waals surface area contributed by atoms with E-state index in [9.17, 15) is 0 Å². The zero-order valence-electron chi connectivity index (χ0n) is 12.6. The first-order chi connectivity index (χ1) is 9.66. The third-order valence-electron chi connectivity index (χ3n) is 4.08. The monoisotopic (exact) mass is 269 g/mol. The highest BCUT2D eigenvalue weighted by atomic mass is 15.1. The van der Waals surface area contributed by atoms with Crippen molar-refractivity contribution < 1.29 is 0 Å². The maximum atomic E-state index is 4.39. The second kappa shape index (κ2) is 5.31. The molecule has 3 nitrogen and oxygen atoms in total. The van der Waals surface area contributed by atoms with E-state index in [4.69, 9.17) is 0 Å². The number of anilines is 1. The summed E-state index contributed by atoms with van der Waals surface area (Å²) in [5.74, 6) is 0.694. The fourth-order valence-electron chi connectivity index (χ4n) is 3.21. The molecule has 20 heavy (non-hydrogen) atoms. The van der Waals surface area contributed by atoms with Crippen LogP contribution in [0.15, 0.2) is 30.7 Å². The summed E-state index contributed by atoms with van der Waals surface area (Å²) in [7, 11) is 0. The lowest BCUT2D eigenvalue weighted by Gasteiger charge is -2.19. The summed E-state index contributed by atoms with van der Waals surface area (Å²) in [5, 5.41) is 3.52. The van der Waals surface area contributed by atoms with Gasteiger partial charge in [-0.25, -0.2) is 4.98 Å². The molecule has 0 spiro atoms. The number of hydrogen-bond acceptors (Lipinski definition) is 2. The van der Waals surface area contributed by atoms with E-state index in [0.717, 1.165) is 13.0 Å². The third-order valence-corrected chi connectivity index (χ3v) is 4.08. The molecule has 0 saturated carbocycles. The summed E-state index contributed by atoms with van der Waals surface area (Å²) in [6.07, 6.45) is 6.26. The first-order valence-electron chi connectivity index (χ1n) is 7.54. The zero-order chi connectivity index (χ0) is 14.1. The van der Waals surface area contributed by atoms with E-state index in [2.05, 4.69) is 53.8 Å². The van der Waals surface area contributed by atoms with E-state index in [0.29, 0.717) is 12.0 Å². The Balaban J connectivity index is 2.00. The van der Waals surface area contributed by atoms with Gasteiger partial charge >= 0.3 is 0 Å². The van der Waals surface area contributed by atoms with Crippen LogP contribution in [0.2, 0.25) is 0 Å². The Kier molecular flexibility index (Phi) is 3.51. The third kappa shape index (κ3) is 2.33. The molecule has 1 atom stereocenters. The van der Waals surface area contributed by atoms with Crippen LogP contribution in [0.1, 0.15) is 38.8 Å². The van der Waals surface area contributed by atoms with Gasteiger partial charge in [0.25, 0.3) is 0 Å². The van der Waals surface area contributed by atoms with Crippen LogP contribution in [-0.2, 0) is 6.42 Å². The van der Waals surface area contributed by atoms with E-state index in [1.807, 2.05) is 12.5 Å². The van der Waals surface area contributed by atoms with Crippen LogP contribution in [0.3, 0.4) is 0 Å². The van der Waals surface area contributed by atoms with Crippen LogP contribution in [0.25, 0.3) is 11.3 Å². The molecule has 0 amide bonds. The molecule has 2 heterocycles. The summed E-state index contributed by atoms with van der Waals surface area (Å²) in [5.41, 5.74) is 5.23. The van der Waals surface area contributed by atoms with Gasteiger partial charge in [-0.2, -0.15) is 0 Å². The highest BCUT2D eigenvalue weighted by Gasteiger charge is 2.19. The number of para-hydroxylation sites is 1. The minimum Gasteiger partial charge on any atom is -0.384 e. The molecule has 0 bridgehead atoms. The number of rotatable bonds is 4. The van der Waals surface area contributed by atoms with Crippen molar-refractivity contribution in [2.75, 3.05) is 11.9 Å². The summed E-state index contributed by atoms with van der Waals surface area (Å²) < 4.78 is 2.32. The van der Waals surface area contributed by atoms with Gasteiger partial charge in [0.2, 0.25) is 0 Å². The van der Waals surface area contributed by atoms with Gasteiger partial charge < -0.3 is 9.88 Å². The minimum atomic E-state index is 0.477. The van der Waals surface area contributed by atoms with Crippen LogP contribution >= 0.6 is 0 Å². The minimum absolute atomic E-state index is 0.477. The summed E-state index contributed by atoms with van der Waals surface area (Å²) >= 11 is 0. The predicted octanol–water partition coefficient (Wildman–Crippen LogP) is 4.13. The Bertz CT molecular complexity index is 598. The summed E-state index contributed by atoms with van der Waals surface area (Å²) in [6.45, 7) is 7.87. The number of benzene rings is 1. The second-order valence-electron chi connectivity index (χ2n) is 6.18. The van der Waals surface area contributed by atoms with Crippen molar-refractivity contribution in [2.45, 2.75) is 39.7 Å². The maximum Gasteiger partial charge on any atom is 0.0953 e. The average molecular weight is 269 g/mol. The first kappa shape index (κ1) is 13.2. The van der Waals surface area contributed by atoms with Gasteiger partial charge in [0.05, 0.1) is 18.2 Å². The van der Waals surface area contributed by atoms with E-state index >= 15 is 0 Å². The number of aromatic nitrogens is 2. The molecule has 0 saturated heterocycles. The normalized spacial score (nSPS) is 15.2. The molecule has 106 valence electrons. The average Bonchev–Trinajstić information content (AvgIpc) is 3.06. The van der Waals surface area contributed by atoms with Crippen LogP contribution in [0.5, 0.6) is 0 Å². The summed E-state index contributed by atoms with van der Waals surface area (Å²) in [6, 6.07) is 7.06. The zero-order valence-corrected chi connectivity index (χ0v) is 12.6. The van der Waals surface area contributed by atoms with E-state index in [1.54, 1.807) is 0 Å². The lowest BCUT2D eigenvalue weighted by Crippen LogP contribution is -2.09. The van der Waals surface area contributed by atoms with E-state index < -0.39 is 0 Å². The van der Waals surface area contributed by atoms with Gasteiger partial charge in [-0.15, -0.1) is 0 Å². The standard InChI is InChI=1S/C17H23N3/c1-12(2)9-13(3)20-11-18-10-16(20)15-6-4-5-14-7-8-19-17(14)15/h4-6,10-13,19H,7-9H2,1-3H3. The molecule has 3 heteroatoms. The Hall–Kier alpha value is -1.77. The number of nitrogens with zero attached hydrogens (tertiary/aromatic N) is 2. The number of hydrogen-bond donors (Lipinski definition) is 1. The molecule has 1 aliphatic heterocycles. The van der Waals surface area contributed by atoms with Crippen LogP contribution in [0.4, 0.5) is 5.69 Å². The van der Waals surface area contributed by atoms with Gasteiger partial charge in [-0.05, 0) is 31.2 Å². The van der Waals surface area contributed by atoms with Gasteiger partial charge in [-0.3, -0.25) is 0 Å². The van der Waals surface area contributed by atoms with Gasteiger partial charge in [0.15, 0.2) is 0 Å². The number of fused-ring (bicyclic) bond motifs is 1. The Morgan fingerprint density at radius 3 is 2.95 bits per heavy atom. The first-order valence-corrected chi connectivity index (χ1v) is 7.54. The van der Waals surface area contributed by atoms with Crippen molar-refractivity contribution in [3.63, 3.8) is 0 Å². The molecule has 3 rings (SSSR count). The van der Waals surface area contributed by atoms with Gasteiger partial charge in [-0.1, -0.05) is 32.0 Å². The number of nitrogens with one attached hydrogen (secondary N) is 1. The Labute approximate surface area is 121 Å². The highest BCUT2D eigenvalue weighted by molar-refractivity contribution is 5.79. The molecule has 0 fully saturated rings. The summed E-state index contributed by atoms with van der Waals surface area (Å²) in [4.78, 5) is 4.39. The fraction of sp³-hybridized carbons (Fsp3) is 0.471. The van der Waals surface area contributed by atoms with Gasteiger partial charge in [0.1, 0.15) is 0 Å². The molecular formula is C17H23N3. The van der Waals surface area contributed by atoms with E-state index in [-0.39, 0.29) is 0 Å². The molecule has 1 N–H and O–H groups in total. The molecule has 2 aromatic rings. The van der Waals surface area contributed by atoms with E-state index in [1.165, 1.54) is 28.9 Å². The molecule has 0 aliphatic carbocycles. The Morgan fingerprint density at radius 2 is 2.15 bits per heavy atom. The van der Waals surface area contributed by atoms with Crippen molar-refractivity contribution in [1.82, 2.24) is 9.55 Å². The van der Waals surface area contributed by atoms with Crippen molar-refractivity contribution >= 4 is 5.69 Å². The van der Waals surface area contributed by atoms with Crippen molar-refractivity contribution in [1.29, 1.82) is 0 Å². The highest BCUT2D eigenvalue weighted by Crippen LogP contribution is 2.35. The maximum absolute atomic E-state index is 4.39. The lowest BCUT2D eigenvalue weighted by atomic mass is 10.0. The van der Waals surface area contributed by atoms with Gasteiger partial charge in [0, 0.05) is 23.8 Å². The molecule has 1 aromatic carbocycles. The van der Waals surface area contributed by atoms with Crippen LogP contribution < -0.4 is 5.32 Å². The fourth-order valence-corrected chi connectivity index (χ4v) is 3.21. The Morgan fingerprint density at radius 1 is 1.30 bits per heavy atom. The quantitative estimate of drug-likeness (QED) is 0.904. The molecule has 0 radical (unpaired) electrons. The van der Waals surface area contributed by atoms with Crippen molar-refractivity contribution in [3.8, 4) is 11.3 Å². The number of imidazole rings is 1. The SMILES string of the molecule is CC(C)CC(C)n1cncc1-c1cccc2c1NCC2. The molecule has 1 aromatic heterocycles. The lowest BCUT2D eigenvalue weighted by molar-refractivity contribution is 0.430. The van der Waals surface area contributed by atoms with Crippen LogP contribution in [-0.4, -0.2) is 16.1 Å². The smallest absolute Gasteiger partial charge is 0.0953 e. The predicted molar refractivity (Wildman–Crippen MR) is 84.0 cm³/mol.